The quantitative estimate of drug-likeness (QED) is 0.559. The van der Waals surface area contributed by atoms with Gasteiger partial charge in [-0.2, -0.15) is 0 Å². The van der Waals surface area contributed by atoms with Crippen molar-refractivity contribution in [3.8, 4) is 0 Å². The molecule has 1 radical (unpaired) electrons. The predicted molar refractivity (Wildman–Crippen MR) is 38.4 cm³/mol. The molecule has 0 saturated heterocycles. The number of thiazole rings is 1. The molecule has 0 N–H and O–H groups in total. The van der Waals surface area contributed by atoms with E-state index in [9.17, 15) is 0 Å². The third-order valence-corrected chi connectivity index (χ3v) is 2.62. The Labute approximate surface area is 57.1 Å². The summed E-state index contributed by atoms with van der Waals surface area (Å²) in [6.45, 7) is 3.68. The van der Waals surface area contributed by atoms with Crippen molar-refractivity contribution >= 4 is 23.1 Å². The van der Waals surface area contributed by atoms with Gasteiger partial charge in [0.05, 0.1) is 5.69 Å². The van der Waals surface area contributed by atoms with Crippen LogP contribution in [0.2, 0.25) is 0 Å². The zero-order valence-electron chi connectivity index (χ0n) is 4.55. The summed E-state index contributed by atoms with van der Waals surface area (Å²) < 4.78 is 1.09. The number of rotatable bonds is 1. The summed E-state index contributed by atoms with van der Waals surface area (Å²) in [5, 5.41) is 1.95. The molecule has 1 aromatic rings. The standard InChI is InChI=1S/C5H6NS2/c1-4-3-8-5(6-4)7-2/h3H,1H2,2H3. The molecule has 0 atom stereocenters. The van der Waals surface area contributed by atoms with Gasteiger partial charge in [0.2, 0.25) is 0 Å². The molecular formula is C5H6NS2. The van der Waals surface area contributed by atoms with Gasteiger partial charge in [-0.05, 0) is 13.2 Å². The second-order valence-corrected chi connectivity index (χ2v) is 3.22. The van der Waals surface area contributed by atoms with Crippen LogP contribution < -0.4 is 0 Å². The van der Waals surface area contributed by atoms with E-state index in [0.717, 1.165) is 10.0 Å². The number of thioether (sulfide) groups is 1. The van der Waals surface area contributed by atoms with Gasteiger partial charge in [0.1, 0.15) is 4.34 Å². The van der Waals surface area contributed by atoms with Crippen molar-refractivity contribution in [2.45, 2.75) is 4.34 Å². The van der Waals surface area contributed by atoms with E-state index in [2.05, 4.69) is 11.9 Å². The van der Waals surface area contributed by atoms with Crippen molar-refractivity contribution in [1.29, 1.82) is 0 Å². The summed E-state index contributed by atoms with van der Waals surface area (Å²) in [7, 11) is 0. The van der Waals surface area contributed by atoms with Gasteiger partial charge in [-0.15, -0.1) is 11.3 Å². The Kier molecular flexibility index (Phi) is 1.91. The molecule has 1 aromatic heterocycles. The lowest BCUT2D eigenvalue weighted by Gasteiger charge is -1.79. The lowest BCUT2D eigenvalue weighted by molar-refractivity contribution is 1.21. The fourth-order valence-corrected chi connectivity index (χ4v) is 1.58. The highest BCUT2D eigenvalue weighted by Crippen LogP contribution is 2.18. The molecule has 3 heteroatoms. The van der Waals surface area contributed by atoms with Crippen LogP contribution in [0.1, 0.15) is 5.69 Å². The Morgan fingerprint density at radius 2 is 2.62 bits per heavy atom. The molecule has 0 aliphatic carbocycles. The maximum atomic E-state index is 4.10. The van der Waals surface area contributed by atoms with Gasteiger partial charge in [0.25, 0.3) is 0 Å². The van der Waals surface area contributed by atoms with Gasteiger partial charge < -0.3 is 0 Å². The van der Waals surface area contributed by atoms with Crippen LogP contribution in [0.25, 0.3) is 0 Å². The smallest absolute Gasteiger partial charge is 0.149 e. The van der Waals surface area contributed by atoms with Crippen LogP contribution in [0.15, 0.2) is 9.72 Å². The van der Waals surface area contributed by atoms with E-state index in [1.807, 2.05) is 11.6 Å². The third-order valence-electron chi connectivity index (χ3n) is 0.705. The first kappa shape index (κ1) is 6.11. The van der Waals surface area contributed by atoms with E-state index in [4.69, 9.17) is 0 Å². The van der Waals surface area contributed by atoms with E-state index in [1.54, 1.807) is 23.1 Å². The molecule has 0 unspecified atom stereocenters. The van der Waals surface area contributed by atoms with Crippen molar-refractivity contribution in [2.75, 3.05) is 6.26 Å². The third kappa shape index (κ3) is 1.23. The number of hydrogen-bond donors (Lipinski definition) is 0. The van der Waals surface area contributed by atoms with Crippen molar-refractivity contribution in [3.05, 3.63) is 18.0 Å². The molecule has 8 heavy (non-hydrogen) atoms. The Morgan fingerprint density at radius 3 is 2.88 bits per heavy atom. The Hall–Kier alpha value is -0.0200. The zero-order valence-corrected chi connectivity index (χ0v) is 6.18. The molecule has 0 fully saturated rings. The van der Waals surface area contributed by atoms with Crippen LogP contribution in [0.4, 0.5) is 0 Å². The predicted octanol–water partition coefficient (Wildman–Crippen LogP) is 2.05. The van der Waals surface area contributed by atoms with Gasteiger partial charge in [-0.25, -0.2) is 4.98 Å². The lowest BCUT2D eigenvalue weighted by Crippen LogP contribution is -1.66. The molecule has 1 nitrogen and oxygen atoms in total. The highest BCUT2D eigenvalue weighted by Gasteiger charge is 1.92. The van der Waals surface area contributed by atoms with Crippen molar-refractivity contribution in [2.24, 2.45) is 0 Å². The molecular weight excluding hydrogens is 138 g/mol. The molecule has 0 aliphatic heterocycles. The first-order chi connectivity index (χ1) is 3.83. The van der Waals surface area contributed by atoms with E-state index >= 15 is 0 Å². The summed E-state index contributed by atoms with van der Waals surface area (Å²) in [6.07, 6.45) is 2.01. The summed E-state index contributed by atoms with van der Waals surface area (Å²) in [6, 6.07) is 0. The summed E-state index contributed by atoms with van der Waals surface area (Å²) in [5.41, 5.74) is 0.874. The van der Waals surface area contributed by atoms with Gasteiger partial charge in [-0.1, -0.05) is 11.8 Å². The van der Waals surface area contributed by atoms with E-state index < -0.39 is 0 Å². The van der Waals surface area contributed by atoms with Crippen molar-refractivity contribution < 1.29 is 0 Å². The van der Waals surface area contributed by atoms with Gasteiger partial charge in [0.15, 0.2) is 0 Å². The molecule has 0 saturated carbocycles. The van der Waals surface area contributed by atoms with Gasteiger partial charge in [0, 0.05) is 5.38 Å². The van der Waals surface area contributed by atoms with Crippen LogP contribution >= 0.6 is 23.1 Å². The van der Waals surface area contributed by atoms with E-state index in [0.29, 0.717) is 0 Å². The summed E-state index contributed by atoms with van der Waals surface area (Å²) in [5.74, 6) is 0. The summed E-state index contributed by atoms with van der Waals surface area (Å²) >= 11 is 3.30. The molecule has 0 amide bonds. The second-order valence-electron chi connectivity index (χ2n) is 1.31. The zero-order chi connectivity index (χ0) is 5.98. The molecule has 0 spiro atoms. The fourth-order valence-electron chi connectivity index (χ4n) is 0.382. The number of hydrogen-bond acceptors (Lipinski definition) is 3. The van der Waals surface area contributed by atoms with Crippen LogP contribution in [0, 0.1) is 6.92 Å². The van der Waals surface area contributed by atoms with E-state index in [-0.39, 0.29) is 0 Å². The number of aromatic nitrogens is 1. The van der Waals surface area contributed by atoms with E-state index in [1.165, 1.54) is 0 Å². The normalized spacial score (nSPS) is 9.75. The Balaban J connectivity index is 2.84. The molecule has 1 heterocycles. The minimum Gasteiger partial charge on any atom is -0.235 e. The van der Waals surface area contributed by atoms with Gasteiger partial charge >= 0.3 is 0 Å². The van der Waals surface area contributed by atoms with Crippen LogP contribution in [0.3, 0.4) is 0 Å². The van der Waals surface area contributed by atoms with Gasteiger partial charge in [-0.3, -0.25) is 0 Å². The minimum atomic E-state index is 0.874. The van der Waals surface area contributed by atoms with Crippen LogP contribution in [0.5, 0.6) is 0 Å². The highest BCUT2D eigenvalue weighted by atomic mass is 32.2. The van der Waals surface area contributed by atoms with Crippen LogP contribution in [-0.2, 0) is 0 Å². The average molecular weight is 144 g/mol. The van der Waals surface area contributed by atoms with Crippen molar-refractivity contribution in [1.82, 2.24) is 4.98 Å². The molecule has 43 valence electrons. The molecule has 0 aliphatic rings. The summed E-state index contributed by atoms with van der Waals surface area (Å²) in [4.78, 5) is 4.10. The first-order valence-corrected chi connectivity index (χ1v) is 4.25. The largest absolute Gasteiger partial charge is 0.235 e. The maximum absolute atomic E-state index is 4.10. The highest BCUT2D eigenvalue weighted by molar-refractivity contribution is 8.00. The Morgan fingerprint density at radius 1 is 1.88 bits per heavy atom. The second kappa shape index (κ2) is 2.51. The topological polar surface area (TPSA) is 12.9 Å². The molecule has 1 rings (SSSR count). The monoisotopic (exact) mass is 144 g/mol. The van der Waals surface area contributed by atoms with Crippen LogP contribution in [-0.4, -0.2) is 11.2 Å². The fraction of sp³-hybridized carbons (Fsp3) is 0.200. The Bertz CT molecular complexity index is 171. The maximum Gasteiger partial charge on any atom is 0.149 e. The lowest BCUT2D eigenvalue weighted by atomic mass is 10.6. The SMILES string of the molecule is [CH2]c1csc(SC)n1. The molecule has 0 aromatic carbocycles. The van der Waals surface area contributed by atoms with Crippen molar-refractivity contribution in [3.63, 3.8) is 0 Å². The average Bonchev–Trinajstić information content (AvgIpc) is 2.14. The first-order valence-electron chi connectivity index (χ1n) is 2.14. The molecule has 0 bridgehead atoms. The minimum absolute atomic E-state index is 0.874. The number of nitrogens with zero attached hydrogens (tertiary/aromatic N) is 1.